The Labute approximate surface area is 195 Å². The molecule has 33 heavy (non-hydrogen) atoms. The first-order valence-corrected chi connectivity index (χ1v) is 12.4. The van der Waals surface area contributed by atoms with Crippen molar-refractivity contribution in [2.45, 2.75) is 39.5 Å². The summed E-state index contributed by atoms with van der Waals surface area (Å²) in [6.45, 7) is 9.94. The Morgan fingerprint density at radius 3 is 2.33 bits per heavy atom. The standard InChI is InChI=1S/C24H30N4O4S/c1-6-27(7-2)33(30,31)22-16-19(14-15-21(22)32-8-3)25-24(29)23-17(4)26-28(18(23)5)20-12-10-9-11-13-20/h9-16H,6-8H2,1-5H3,(H,25,29). The molecule has 2 aromatic carbocycles. The van der Waals surface area contributed by atoms with E-state index in [1.807, 2.05) is 37.3 Å². The van der Waals surface area contributed by atoms with Crippen LogP contribution in [0.2, 0.25) is 0 Å². The van der Waals surface area contributed by atoms with E-state index in [1.54, 1.807) is 44.5 Å². The summed E-state index contributed by atoms with van der Waals surface area (Å²) < 4.78 is 35.0. The second-order valence-electron chi connectivity index (χ2n) is 7.43. The third kappa shape index (κ3) is 4.94. The largest absolute Gasteiger partial charge is 0.492 e. The van der Waals surface area contributed by atoms with E-state index in [0.29, 0.717) is 42.3 Å². The van der Waals surface area contributed by atoms with Crippen molar-refractivity contribution in [3.8, 4) is 11.4 Å². The van der Waals surface area contributed by atoms with Gasteiger partial charge in [-0.15, -0.1) is 0 Å². The molecule has 176 valence electrons. The highest BCUT2D eigenvalue weighted by molar-refractivity contribution is 7.89. The van der Waals surface area contributed by atoms with E-state index in [-0.39, 0.29) is 16.6 Å². The molecule has 0 radical (unpaired) electrons. The molecular formula is C24H30N4O4S. The van der Waals surface area contributed by atoms with Crippen LogP contribution in [0.15, 0.2) is 53.4 Å². The summed E-state index contributed by atoms with van der Waals surface area (Å²) >= 11 is 0. The lowest BCUT2D eigenvalue weighted by Gasteiger charge is -2.21. The number of amides is 1. The molecule has 0 fully saturated rings. The van der Waals surface area contributed by atoms with Crippen LogP contribution in [-0.2, 0) is 10.0 Å². The predicted molar refractivity (Wildman–Crippen MR) is 129 cm³/mol. The highest BCUT2D eigenvalue weighted by Crippen LogP contribution is 2.30. The fourth-order valence-electron chi connectivity index (χ4n) is 3.75. The van der Waals surface area contributed by atoms with Gasteiger partial charge in [-0.3, -0.25) is 4.79 Å². The molecule has 0 unspecified atom stereocenters. The van der Waals surface area contributed by atoms with Crippen molar-refractivity contribution in [3.63, 3.8) is 0 Å². The molecule has 1 heterocycles. The average molecular weight is 471 g/mol. The number of carbonyl (C=O) groups excluding carboxylic acids is 1. The second-order valence-corrected chi connectivity index (χ2v) is 9.34. The van der Waals surface area contributed by atoms with Gasteiger partial charge in [-0.05, 0) is 51.1 Å². The van der Waals surface area contributed by atoms with Crippen molar-refractivity contribution in [1.29, 1.82) is 0 Å². The number of rotatable bonds is 9. The van der Waals surface area contributed by atoms with E-state index < -0.39 is 10.0 Å². The van der Waals surface area contributed by atoms with Crippen LogP contribution in [-0.4, -0.2) is 48.1 Å². The van der Waals surface area contributed by atoms with Crippen LogP contribution < -0.4 is 10.1 Å². The second kappa shape index (κ2) is 10.2. The number of aromatic nitrogens is 2. The van der Waals surface area contributed by atoms with Crippen LogP contribution in [0.4, 0.5) is 5.69 Å². The monoisotopic (exact) mass is 470 g/mol. The van der Waals surface area contributed by atoms with Gasteiger partial charge in [0.15, 0.2) is 0 Å². The summed E-state index contributed by atoms with van der Waals surface area (Å²) in [5, 5.41) is 7.35. The van der Waals surface area contributed by atoms with Gasteiger partial charge in [0.1, 0.15) is 10.6 Å². The van der Waals surface area contributed by atoms with Crippen LogP contribution in [0, 0.1) is 13.8 Å². The summed E-state index contributed by atoms with van der Waals surface area (Å²) in [5.74, 6) is -0.103. The highest BCUT2D eigenvalue weighted by atomic mass is 32.2. The van der Waals surface area contributed by atoms with E-state index in [2.05, 4.69) is 10.4 Å². The molecule has 1 aromatic heterocycles. The first-order valence-electron chi connectivity index (χ1n) is 10.9. The zero-order valence-electron chi connectivity index (χ0n) is 19.6. The lowest BCUT2D eigenvalue weighted by Crippen LogP contribution is -2.31. The summed E-state index contributed by atoms with van der Waals surface area (Å²) in [6.07, 6.45) is 0. The number of carbonyl (C=O) groups is 1. The van der Waals surface area contributed by atoms with E-state index in [4.69, 9.17) is 4.74 Å². The summed E-state index contributed by atoms with van der Waals surface area (Å²) in [5.41, 5.74) is 2.93. The molecule has 0 atom stereocenters. The van der Waals surface area contributed by atoms with Crippen molar-refractivity contribution in [3.05, 3.63) is 65.5 Å². The lowest BCUT2D eigenvalue weighted by molar-refractivity contribution is 0.102. The SMILES string of the molecule is CCOc1ccc(NC(=O)c2c(C)nn(-c3ccccc3)c2C)cc1S(=O)(=O)N(CC)CC. The topological polar surface area (TPSA) is 93.5 Å². The molecule has 0 bridgehead atoms. The Kier molecular flexibility index (Phi) is 7.55. The maximum atomic E-state index is 13.2. The minimum Gasteiger partial charge on any atom is -0.492 e. The van der Waals surface area contributed by atoms with Crippen LogP contribution in [0.3, 0.4) is 0 Å². The first-order chi connectivity index (χ1) is 15.7. The van der Waals surface area contributed by atoms with Crippen molar-refractivity contribution in [1.82, 2.24) is 14.1 Å². The van der Waals surface area contributed by atoms with Crippen molar-refractivity contribution in [2.75, 3.05) is 25.0 Å². The zero-order chi connectivity index (χ0) is 24.2. The smallest absolute Gasteiger partial charge is 0.259 e. The van der Waals surface area contributed by atoms with Crippen molar-refractivity contribution >= 4 is 21.6 Å². The Morgan fingerprint density at radius 2 is 1.73 bits per heavy atom. The summed E-state index contributed by atoms with van der Waals surface area (Å²) in [4.78, 5) is 13.2. The quantitative estimate of drug-likeness (QED) is 0.507. The number of aryl methyl sites for hydroxylation is 1. The number of anilines is 1. The number of ether oxygens (including phenoxy) is 1. The van der Waals surface area contributed by atoms with Gasteiger partial charge in [-0.25, -0.2) is 13.1 Å². The van der Waals surface area contributed by atoms with Crippen molar-refractivity contribution < 1.29 is 17.9 Å². The Balaban J connectivity index is 1.98. The third-order valence-electron chi connectivity index (χ3n) is 5.34. The number of hydrogen-bond acceptors (Lipinski definition) is 5. The molecule has 3 aromatic rings. The number of sulfonamides is 1. The van der Waals surface area contributed by atoms with Crippen LogP contribution in [0.1, 0.15) is 42.5 Å². The van der Waals surface area contributed by atoms with Crippen LogP contribution in [0.25, 0.3) is 5.69 Å². The minimum atomic E-state index is -3.78. The molecule has 8 nitrogen and oxygen atoms in total. The van der Waals surface area contributed by atoms with Gasteiger partial charge in [0.25, 0.3) is 5.91 Å². The molecule has 0 saturated carbocycles. The lowest BCUT2D eigenvalue weighted by atomic mass is 10.1. The van der Waals surface area contributed by atoms with Gasteiger partial charge < -0.3 is 10.1 Å². The number of benzene rings is 2. The zero-order valence-corrected chi connectivity index (χ0v) is 20.4. The van der Waals surface area contributed by atoms with Crippen molar-refractivity contribution in [2.24, 2.45) is 0 Å². The number of hydrogen-bond donors (Lipinski definition) is 1. The molecule has 0 spiro atoms. The fraction of sp³-hybridized carbons (Fsp3) is 0.333. The third-order valence-corrected chi connectivity index (χ3v) is 7.41. The molecule has 0 aliphatic rings. The molecular weight excluding hydrogens is 440 g/mol. The van der Waals surface area contributed by atoms with Gasteiger partial charge in [0, 0.05) is 18.8 Å². The van der Waals surface area contributed by atoms with Gasteiger partial charge in [-0.2, -0.15) is 9.40 Å². The molecule has 0 aliphatic carbocycles. The van der Waals surface area contributed by atoms with E-state index in [9.17, 15) is 13.2 Å². The molecule has 1 N–H and O–H groups in total. The number of para-hydroxylation sites is 1. The average Bonchev–Trinajstić information content (AvgIpc) is 3.10. The van der Waals surface area contributed by atoms with E-state index in [0.717, 1.165) is 5.69 Å². The Bertz CT molecular complexity index is 1230. The van der Waals surface area contributed by atoms with Gasteiger partial charge in [0.2, 0.25) is 10.0 Å². The highest BCUT2D eigenvalue weighted by Gasteiger charge is 2.27. The van der Waals surface area contributed by atoms with E-state index >= 15 is 0 Å². The molecule has 1 amide bonds. The summed E-state index contributed by atoms with van der Waals surface area (Å²) in [7, 11) is -3.78. The Morgan fingerprint density at radius 1 is 1.06 bits per heavy atom. The minimum absolute atomic E-state index is 0.0271. The summed E-state index contributed by atoms with van der Waals surface area (Å²) in [6, 6.07) is 14.2. The van der Waals surface area contributed by atoms with Crippen LogP contribution >= 0.6 is 0 Å². The number of nitrogens with one attached hydrogen (secondary N) is 1. The van der Waals surface area contributed by atoms with E-state index in [1.165, 1.54) is 10.4 Å². The molecule has 9 heteroatoms. The van der Waals surface area contributed by atoms with Gasteiger partial charge in [0.05, 0.1) is 29.2 Å². The van der Waals surface area contributed by atoms with Gasteiger partial charge >= 0.3 is 0 Å². The van der Waals surface area contributed by atoms with Gasteiger partial charge in [-0.1, -0.05) is 32.0 Å². The number of nitrogens with zero attached hydrogens (tertiary/aromatic N) is 3. The molecule has 0 aliphatic heterocycles. The fourth-order valence-corrected chi connectivity index (χ4v) is 5.37. The maximum Gasteiger partial charge on any atom is 0.259 e. The molecule has 3 rings (SSSR count). The Hall–Kier alpha value is -3.17. The van der Waals surface area contributed by atoms with Crippen LogP contribution in [0.5, 0.6) is 5.75 Å². The molecule has 0 saturated heterocycles. The predicted octanol–water partition coefficient (Wildman–Crippen LogP) is 4.17. The first kappa shape index (κ1) is 24.5. The normalized spacial score (nSPS) is 11.6. The maximum absolute atomic E-state index is 13.2.